The van der Waals surface area contributed by atoms with Crippen molar-refractivity contribution in [2.45, 2.75) is 38.7 Å². The first-order valence-corrected chi connectivity index (χ1v) is 9.61. The summed E-state index contributed by atoms with van der Waals surface area (Å²) in [6, 6.07) is 19.1. The molecule has 0 spiro atoms. The van der Waals surface area contributed by atoms with Gasteiger partial charge in [0.2, 0.25) is 0 Å². The molecule has 1 N–H and O–H groups in total. The van der Waals surface area contributed by atoms with Crippen LogP contribution in [0.1, 0.15) is 37.3 Å². The second kappa shape index (κ2) is 9.29. The van der Waals surface area contributed by atoms with Crippen LogP contribution in [0.5, 0.6) is 0 Å². The Morgan fingerprint density at radius 1 is 1.07 bits per heavy atom. The smallest absolute Gasteiger partial charge is 0.0709 e. The molecular weight excluding hydrogens is 330 g/mol. The van der Waals surface area contributed by atoms with E-state index in [2.05, 4.69) is 73.3 Å². The lowest BCUT2D eigenvalue weighted by atomic mass is 10.0. The molecule has 3 aromatic rings. The Kier molecular flexibility index (Phi) is 6.56. The molecule has 0 radical (unpaired) electrons. The zero-order chi connectivity index (χ0) is 19.1. The Morgan fingerprint density at radius 3 is 2.63 bits per heavy atom. The van der Waals surface area contributed by atoms with E-state index < -0.39 is 0 Å². The fourth-order valence-electron chi connectivity index (χ4n) is 3.14. The molecule has 138 valence electrons. The summed E-state index contributed by atoms with van der Waals surface area (Å²) in [7, 11) is 0. The predicted molar refractivity (Wildman–Crippen MR) is 116 cm³/mol. The van der Waals surface area contributed by atoms with Crippen molar-refractivity contribution >= 4 is 17.0 Å². The standard InChI is InChI=1S/C25H27NO/c1-3-7-21-12-16-25-23(18-21)15-17-24(26-25)22-13-10-20(11-14-22)9-6-4-5-8-19(2)27/h3,6,9-19,27H,1,4-5,7-8H2,2H3. The minimum atomic E-state index is -0.208. The number of allylic oxidation sites excluding steroid dienone is 2. The van der Waals surface area contributed by atoms with Crippen LogP contribution in [0.15, 0.2) is 73.3 Å². The van der Waals surface area contributed by atoms with Crippen LogP contribution in [0.25, 0.3) is 28.2 Å². The zero-order valence-electron chi connectivity index (χ0n) is 15.9. The largest absolute Gasteiger partial charge is 0.393 e. The van der Waals surface area contributed by atoms with Crippen molar-refractivity contribution in [3.8, 4) is 11.3 Å². The molecule has 2 heteroatoms. The third-order valence-corrected chi connectivity index (χ3v) is 4.64. The van der Waals surface area contributed by atoms with Crippen LogP contribution in [0.2, 0.25) is 0 Å². The summed E-state index contributed by atoms with van der Waals surface area (Å²) < 4.78 is 0. The molecule has 0 aliphatic heterocycles. The van der Waals surface area contributed by atoms with Crippen LogP contribution in [0, 0.1) is 0 Å². The van der Waals surface area contributed by atoms with Gasteiger partial charge in [0, 0.05) is 10.9 Å². The normalized spacial score (nSPS) is 12.5. The van der Waals surface area contributed by atoms with E-state index in [4.69, 9.17) is 4.98 Å². The van der Waals surface area contributed by atoms with Crippen LogP contribution < -0.4 is 0 Å². The fraction of sp³-hybridized carbons (Fsp3) is 0.240. The molecule has 2 aromatic carbocycles. The Hall–Kier alpha value is -2.71. The van der Waals surface area contributed by atoms with Crippen molar-refractivity contribution in [3.63, 3.8) is 0 Å². The van der Waals surface area contributed by atoms with Gasteiger partial charge in [0.05, 0.1) is 17.3 Å². The monoisotopic (exact) mass is 357 g/mol. The molecule has 27 heavy (non-hydrogen) atoms. The average molecular weight is 357 g/mol. The van der Waals surface area contributed by atoms with Crippen LogP contribution in [0.4, 0.5) is 0 Å². The van der Waals surface area contributed by atoms with Gasteiger partial charge in [-0.3, -0.25) is 0 Å². The van der Waals surface area contributed by atoms with Gasteiger partial charge in [-0.05, 0) is 61.9 Å². The van der Waals surface area contributed by atoms with Crippen LogP contribution in [-0.4, -0.2) is 16.2 Å². The van der Waals surface area contributed by atoms with Crippen molar-refractivity contribution in [1.29, 1.82) is 0 Å². The van der Waals surface area contributed by atoms with Gasteiger partial charge in [0.15, 0.2) is 0 Å². The molecule has 1 unspecified atom stereocenters. The number of aromatic nitrogens is 1. The minimum Gasteiger partial charge on any atom is -0.393 e. The summed E-state index contributed by atoms with van der Waals surface area (Å²) in [5.41, 5.74) is 5.58. The Balaban J connectivity index is 1.70. The summed E-state index contributed by atoms with van der Waals surface area (Å²) in [6.07, 6.45) is 9.77. The second-order valence-electron chi connectivity index (χ2n) is 7.02. The minimum absolute atomic E-state index is 0.208. The Bertz CT molecular complexity index is 923. The summed E-state index contributed by atoms with van der Waals surface area (Å²) >= 11 is 0. The molecule has 1 atom stereocenters. The van der Waals surface area contributed by atoms with Crippen molar-refractivity contribution in [2.75, 3.05) is 0 Å². The molecule has 1 heterocycles. The van der Waals surface area contributed by atoms with E-state index >= 15 is 0 Å². The number of hydrogen-bond donors (Lipinski definition) is 1. The molecule has 0 saturated carbocycles. The Labute approximate surface area is 161 Å². The highest BCUT2D eigenvalue weighted by Gasteiger charge is 2.03. The molecule has 0 aliphatic rings. The van der Waals surface area contributed by atoms with Crippen molar-refractivity contribution in [1.82, 2.24) is 4.98 Å². The molecule has 0 saturated heterocycles. The first-order chi connectivity index (χ1) is 13.2. The topological polar surface area (TPSA) is 33.1 Å². The van der Waals surface area contributed by atoms with Gasteiger partial charge in [-0.25, -0.2) is 4.98 Å². The highest BCUT2D eigenvalue weighted by molar-refractivity contribution is 5.82. The molecule has 3 rings (SSSR count). The van der Waals surface area contributed by atoms with Crippen molar-refractivity contribution in [3.05, 3.63) is 84.5 Å². The number of benzene rings is 2. The highest BCUT2D eigenvalue weighted by Crippen LogP contribution is 2.23. The van der Waals surface area contributed by atoms with Crippen molar-refractivity contribution < 1.29 is 5.11 Å². The van der Waals surface area contributed by atoms with Gasteiger partial charge >= 0.3 is 0 Å². The molecule has 2 nitrogen and oxygen atoms in total. The third kappa shape index (κ3) is 5.38. The SMILES string of the molecule is C=CCc1ccc2nc(-c3ccc(C=CCCCC(C)O)cc3)ccc2c1. The van der Waals surface area contributed by atoms with Crippen LogP contribution in [0.3, 0.4) is 0 Å². The summed E-state index contributed by atoms with van der Waals surface area (Å²) in [5.74, 6) is 0. The lowest BCUT2D eigenvalue weighted by Gasteiger charge is -2.05. The molecule has 0 amide bonds. The maximum Gasteiger partial charge on any atom is 0.0709 e. The fourth-order valence-corrected chi connectivity index (χ4v) is 3.14. The van der Waals surface area contributed by atoms with Gasteiger partial charge < -0.3 is 5.11 Å². The number of rotatable bonds is 8. The van der Waals surface area contributed by atoms with Crippen molar-refractivity contribution in [2.24, 2.45) is 0 Å². The number of aliphatic hydroxyl groups excluding tert-OH is 1. The molecule has 0 fully saturated rings. The van der Waals surface area contributed by atoms with Gasteiger partial charge in [0.25, 0.3) is 0 Å². The van der Waals surface area contributed by atoms with E-state index in [0.717, 1.165) is 47.8 Å². The number of hydrogen-bond acceptors (Lipinski definition) is 2. The summed E-state index contributed by atoms with van der Waals surface area (Å²) in [4.78, 5) is 4.81. The molecular formula is C25H27NO. The first kappa shape index (κ1) is 19.1. The Morgan fingerprint density at radius 2 is 1.89 bits per heavy atom. The lowest BCUT2D eigenvalue weighted by Crippen LogP contribution is -1.97. The van der Waals surface area contributed by atoms with E-state index in [9.17, 15) is 5.11 Å². The van der Waals surface area contributed by atoms with Gasteiger partial charge in [0.1, 0.15) is 0 Å². The van der Waals surface area contributed by atoms with E-state index in [1.807, 2.05) is 13.0 Å². The van der Waals surface area contributed by atoms with E-state index in [1.165, 1.54) is 11.1 Å². The number of aliphatic hydroxyl groups is 1. The quantitative estimate of drug-likeness (QED) is 0.385. The lowest BCUT2D eigenvalue weighted by molar-refractivity contribution is 0.182. The first-order valence-electron chi connectivity index (χ1n) is 9.61. The number of pyridine rings is 1. The van der Waals surface area contributed by atoms with Crippen LogP contribution in [-0.2, 0) is 6.42 Å². The number of fused-ring (bicyclic) bond motifs is 1. The molecule has 1 aromatic heterocycles. The zero-order valence-corrected chi connectivity index (χ0v) is 15.9. The second-order valence-corrected chi connectivity index (χ2v) is 7.02. The van der Waals surface area contributed by atoms with Gasteiger partial charge in [-0.1, -0.05) is 54.6 Å². The highest BCUT2D eigenvalue weighted by atomic mass is 16.3. The predicted octanol–water partition coefficient (Wildman–Crippen LogP) is 6.19. The maximum absolute atomic E-state index is 9.28. The number of unbranched alkanes of at least 4 members (excludes halogenated alkanes) is 1. The van der Waals surface area contributed by atoms with E-state index in [-0.39, 0.29) is 6.10 Å². The third-order valence-electron chi connectivity index (χ3n) is 4.64. The molecule has 0 bridgehead atoms. The number of nitrogens with zero attached hydrogens (tertiary/aromatic N) is 1. The van der Waals surface area contributed by atoms with Gasteiger partial charge in [-0.2, -0.15) is 0 Å². The van der Waals surface area contributed by atoms with E-state index in [1.54, 1.807) is 0 Å². The van der Waals surface area contributed by atoms with Crippen LogP contribution >= 0.6 is 0 Å². The summed E-state index contributed by atoms with van der Waals surface area (Å²) in [5, 5.41) is 10.4. The molecule has 0 aliphatic carbocycles. The van der Waals surface area contributed by atoms with E-state index in [0.29, 0.717) is 0 Å². The maximum atomic E-state index is 9.28. The summed E-state index contributed by atoms with van der Waals surface area (Å²) in [6.45, 7) is 5.64. The average Bonchev–Trinajstić information content (AvgIpc) is 2.68. The van der Waals surface area contributed by atoms with Gasteiger partial charge in [-0.15, -0.1) is 6.58 Å².